The third-order valence-corrected chi connectivity index (χ3v) is 4.78. The van der Waals surface area contributed by atoms with Crippen LogP contribution >= 0.6 is 15.9 Å². The average Bonchev–Trinajstić information content (AvgIpc) is 2.92. The Morgan fingerprint density at radius 1 is 1.08 bits per heavy atom. The third-order valence-electron chi connectivity index (χ3n) is 4.52. The Bertz CT molecular complexity index is 875. The van der Waals surface area contributed by atoms with Gasteiger partial charge in [0.15, 0.2) is 0 Å². The van der Waals surface area contributed by atoms with Crippen molar-refractivity contribution in [3.05, 3.63) is 76.5 Å². The highest BCUT2D eigenvalue weighted by atomic mass is 79.9. The molecule has 0 radical (unpaired) electrons. The zero-order valence-corrected chi connectivity index (χ0v) is 16.8. The molecule has 0 fully saturated rings. The van der Waals surface area contributed by atoms with Gasteiger partial charge in [0.05, 0.1) is 17.6 Å². The number of nitrogens with zero attached hydrogens (tertiary/aromatic N) is 2. The standard InChI is InChI=1S/C22H25BrN2/c1-15(2)13-18-9-11-19(12-10-18)17(4)22-24-20-7-5-6-8-21(20)25(22)14-16(3)23/h5-12,15,17H,3,13-14H2,1-2,4H3/t17-/m0/s1. The first-order valence-electron chi connectivity index (χ1n) is 8.83. The van der Waals surface area contributed by atoms with Crippen molar-refractivity contribution in [1.82, 2.24) is 9.55 Å². The first-order chi connectivity index (χ1) is 12.0. The zero-order chi connectivity index (χ0) is 18.0. The van der Waals surface area contributed by atoms with Crippen LogP contribution in [0.4, 0.5) is 0 Å². The summed E-state index contributed by atoms with van der Waals surface area (Å²) in [7, 11) is 0. The van der Waals surface area contributed by atoms with Gasteiger partial charge < -0.3 is 4.57 Å². The highest BCUT2D eigenvalue weighted by Gasteiger charge is 2.18. The van der Waals surface area contributed by atoms with Crippen molar-refractivity contribution in [2.24, 2.45) is 5.92 Å². The minimum absolute atomic E-state index is 0.229. The quantitative estimate of drug-likeness (QED) is 0.478. The fourth-order valence-electron chi connectivity index (χ4n) is 3.33. The Balaban J connectivity index is 1.98. The second-order valence-electron chi connectivity index (χ2n) is 7.12. The van der Waals surface area contributed by atoms with Gasteiger partial charge in [-0.1, -0.05) is 79.7 Å². The van der Waals surface area contributed by atoms with E-state index in [0.29, 0.717) is 5.92 Å². The Labute approximate surface area is 158 Å². The molecule has 1 aromatic heterocycles. The van der Waals surface area contributed by atoms with Gasteiger partial charge in [-0.2, -0.15) is 0 Å². The molecular weight excluding hydrogens is 372 g/mol. The van der Waals surface area contributed by atoms with Crippen molar-refractivity contribution in [3.63, 3.8) is 0 Å². The normalized spacial score (nSPS) is 12.7. The predicted molar refractivity (Wildman–Crippen MR) is 110 cm³/mol. The van der Waals surface area contributed by atoms with Crippen LogP contribution < -0.4 is 0 Å². The maximum absolute atomic E-state index is 4.91. The SMILES string of the molecule is C=C(Br)Cn1c([C@@H](C)c2ccc(CC(C)C)cc2)nc2ccccc21. The molecule has 0 amide bonds. The Kier molecular flexibility index (Phi) is 5.43. The summed E-state index contributed by atoms with van der Waals surface area (Å²) in [6, 6.07) is 17.3. The lowest BCUT2D eigenvalue weighted by Crippen LogP contribution is -2.08. The monoisotopic (exact) mass is 396 g/mol. The number of para-hydroxylation sites is 2. The van der Waals surface area contributed by atoms with E-state index < -0.39 is 0 Å². The van der Waals surface area contributed by atoms with Gasteiger partial charge in [0.2, 0.25) is 0 Å². The minimum Gasteiger partial charge on any atom is -0.322 e. The van der Waals surface area contributed by atoms with Gasteiger partial charge >= 0.3 is 0 Å². The van der Waals surface area contributed by atoms with Crippen molar-refractivity contribution in [3.8, 4) is 0 Å². The third kappa shape index (κ3) is 4.04. The Morgan fingerprint density at radius 3 is 2.40 bits per heavy atom. The first-order valence-corrected chi connectivity index (χ1v) is 9.62. The number of rotatable bonds is 6. The minimum atomic E-state index is 0.229. The largest absolute Gasteiger partial charge is 0.322 e. The van der Waals surface area contributed by atoms with Crippen molar-refractivity contribution in [2.45, 2.75) is 39.7 Å². The van der Waals surface area contributed by atoms with E-state index in [2.05, 4.69) is 90.3 Å². The van der Waals surface area contributed by atoms with Crippen molar-refractivity contribution in [1.29, 1.82) is 0 Å². The number of allylic oxidation sites excluding steroid dienone is 1. The summed E-state index contributed by atoms with van der Waals surface area (Å²) in [6.07, 6.45) is 1.12. The second-order valence-corrected chi connectivity index (χ2v) is 8.24. The molecule has 2 nitrogen and oxygen atoms in total. The van der Waals surface area contributed by atoms with Crippen LogP contribution in [0, 0.1) is 5.92 Å². The number of benzene rings is 2. The van der Waals surface area contributed by atoms with Gasteiger partial charge in [0.25, 0.3) is 0 Å². The highest BCUT2D eigenvalue weighted by molar-refractivity contribution is 9.11. The highest BCUT2D eigenvalue weighted by Crippen LogP contribution is 2.29. The molecule has 0 aliphatic carbocycles. The van der Waals surface area contributed by atoms with Crippen LogP contribution in [-0.2, 0) is 13.0 Å². The molecule has 130 valence electrons. The molecule has 1 heterocycles. The smallest absolute Gasteiger partial charge is 0.117 e. The molecule has 0 saturated heterocycles. The van der Waals surface area contributed by atoms with Crippen LogP contribution in [0.2, 0.25) is 0 Å². The molecule has 3 heteroatoms. The van der Waals surface area contributed by atoms with E-state index in [1.54, 1.807) is 0 Å². The van der Waals surface area contributed by atoms with E-state index in [0.717, 1.165) is 34.3 Å². The topological polar surface area (TPSA) is 17.8 Å². The van der Waals surface area contributed by atoms with Crippen LogP contribution in [0.25, 0.3) is 11.0 Å². The summed E-state index contributed by atoms with van der Waals surface area (Å²) in [4.78, 5) is 4.91. The van der Waals surface area contributed by atoms with Gasteiger partial charge in [-0.15, -0.1) is 0 Å². The lowest BCUT2D eigenvalue weighted by Gasteiger charge is -2.16. The van der Waals surface area contributed by atoms with E-state index in [-0.39, 0.29) is 5.92 Å². The summed E-state index contributed by atoms with van der Waals surface area (Å²) >= 11 is 3.51. The van der Waals surface area contributed by atoms with Crippen LogP contribution in [-0.4, -0.2) is 9.55 Å². The van der Waals surface area contributed by atoms with Crippen LogP contribution in [0.15, 0.2) is 59.6 Å². The molecule has 3 rings (SSSR count). The molecule has 0 aliphatic rings. The fourth-order valence-corrected chi connectivity index (χ4v) is 3.58. The number of hydrogen-bond donors (Lipinski definition) is 0. The molecule has 0 N–H and O–H groups in total. The maximum Gasteiger partial charge on any atom is 0.117 e. The van der Waals surface area contributed by atoms with Crippen LogP contribution in [0.3, 0.4) is 0 Å². The van der Waals surface area contributed by atoms with Gasteiger partial charge in [-0.25, -0.2) is 4.98 Å². The summed E-state index contributed by atoms with van der Waals surface area (Å²) in [5, 5.41) is 0. The van der Waals surface area contributed by atoms with E-state index in [1.807, 2.05) is 6.07 Å². The molecule has 0 bridgehead atoms. The number of halogens is 1. The van der Waals surface area contributed by atoms with Gasteiger partial charge in [-0.05, 0) is 35.6 Å². The van der Waals surface area contributed by atoms with Crippen molar-refractivity contribution < 1.29 is 0 Å². The molecular formula is C22H25BrN2. The molecule has 3 aromatic rings. The first kappa shape index (κ1) is 17.9. The van der Waals surface area contributed by atoms with E-state index in [1.165, 1.54) is 11.1 Å². The Hall–Kier alpha value is -1.87. The molecule has 0 spiro atoms. The predicted octanol–water partition coefficient (Wildman–Crippen LogP) is 6.30. The second kappa shape index (κ2) is 7.57. The molecule has 2 aromatic carbocycles. The summed E-state index contributed by atoms with van der Waals surface area (Å²) in [5.74, 6) is 1.99. The van der Waals surface area contributed by atoms with Crippen LogP contribution in [0.1, 0.15) is 43.6 Å². The number of aromatic nitrogens is 2. The molecule has 0 saturated carbocycles. The molecule has 25 heavy (non-hydrogen) atoms. The summed E-state index contributed by atoms with van der Waals surface area (Å²) < 4.78 is 3.22. The average molecular weight is 397 g/mol. The van der Waals surface area contributed by atoms with E-state index in [4.69, 9.17) is 4.98 Å². The van der Waals surface area contributed by atoms with Crippen LogP contribution in [0.5, 0.6) is 0 Å². The fraction of sp³-hybridized carbons (Fsp3) is 0.318. The van der Waals surface area contributed by atoms with E-state index in [9.17, 15) is 0 Å². The Morgan fingerprint density at radius 2 is 1.76 bits per heavy atom. The van der Waals surface area contributed by atoms with Crippen molar-refractivity contribution in [2.75, 3.05) is 0 Å². The molecule has 0 unspecified atom stereocenters. The summed E-state index contributed by atoms with van der Waals surface area (Å²) in [6.45, 7) is 11.5. The summed E-state index contributed by atoms with van der Waals surface area (Å²) in [5.41, 5.74) is 4.88. The van der Waals surface area contributed by atoms with Gasteiger partial charge in [-0.3, -0.25) is 0 Å². The molecule has 1 atom stereocenters. The molecule has 0 aliphatic heterocycles. The number of fused-ring (bicyclic) bond motifs is 1. The maximum atomic E-state index is 4.91. The number of hydrogen-bond acceptors (Lipinski definition) is 1. The van der Waals surface area contributed by atoms with Crippen molar-refractivity contribution >= 4 is 27.0 Å². The zero-order valence-electron chi connectivity index (χ0n) is 15.2. The lowest BCUT2D eigenvalue weighted by atomic mass is 9.96. The van der Waals surface area contributed by atoms with Gasteiger partial charge in [0, 0.05) is 10.4 Å². The lowest BCUT2D eigenvalue weighted by molar-refractivity contribution is 0.646. The van der Waals surface area contributed by atoms with Gasteiger partial charge in [0.1, 0.15) is 5.82 Å². The van der Waals surface area contributed by atoms with E-state index >= 15 is 0 Å². The number of imidazole rings is 1.